The Hall–Kier alpha value is -3.20. The van der Waals surface area contributed by atoms with E-state index in [0.717, 1.165) is 21.0 Å². The van der Waals surface area contributed by atoms with E-state index < -0.39 is 4.92 Å². The second-order valence-corrected chi connectivity index (χ2v) is 8.14. The van der Waals surface area contributed by atoms with Crippen molar-refractivity contribution in [2.45, 2.75) is 0 Å². The minimum atomic E-state index is -0.395. The molecule has 0 spiro atoms. The predicted octanol–water partition coefficient (Wildman–Crippen LogP) is 3.23. The highest BCUT2D eigenvalue weighted by Gasteiger charge is 2.24. The molecule has 9 heteroatoms. The van der Waals surface area contributed by atoms with Crippen molar-refractivity contribution in [3.05, 3.63) is 58.1 Å². The van der Waals surface area contributed by atoms with Crippen LogP contribution in [0, 0.1) is 10.1 Å². The van der Waals surface area contributed by atoms with E-state index in [1.165, 1.54) is 17.4 Å². The molecular formula is C20H21N5O3S. The molecule has 2 aromatic carbocycles. The molecule has 4 rings (SSSR count). The van der Waals surface area contributed by atoms with Crippen molar-refractivity contribution in [2.24, 2.45) is 0 Å². The minimum absolute atomic E-state index is 0.0369. The van der Waals surface area contributed by atoms with Gasteiger partial charge in [-0.1, -0.05) is 11.3 Å². The van der Waals surface area contributed by atoms with Crippen molar-refractivity contribution < 1.29 is 9.72 Å². The zero-order chi connectivity index (χ0) is 20.5. The summed E-state index contributed by atoms with van der Waals surface area (Å²) in [5.41, 5.74) is 2.58. The number of non-ortho nitro benzene ring substituents is 1. The molecule has 8 nitrogen and oxygen atoms in total. The maximum absolute atomic E-state index is 12.8. The van der Waals surface area contributed by atoms with Crippen molar-refractivity contribution in [3.8, 4) is 0 Å². The summed E-state index contributed by atoms with van der Waals surface area (Å²) < 4.78 is 0.800. The number of fused-ring (bicyclic) bond motifs is 1. The molecule has 1 saturated heterocycles. The molecule has 1 aromatic heterocycles. The molecule has 1 aliphatic heterocycles. The van der Waals surface area contributed by atoms with E-state index >= 15 is 0 Å². The second kappa shape index (κ2) is 7.67. The summed E-state index contributed by atoms with van der Waals surface area (Å²) in [6.45, 7) is 2.60. The van der Waals surface area contributed by atoms with Crippen molar-refractivity contribution in [2.75, 3.05) is 50.1 Å². The van der Waals surface area contributed by atoms with E-state index in [1.54, 1.807) is 12.1 Å². The van der Waals surface area contributed by atoms with Crippen molar-refractivity contribution in [3.63, 3.8) is 0 Å². The van der Waals surface area contributed by atoms with Crippen LogP contribution in [0.3, 0.4) is 0 Å². The lowest BCUT2D eigenvalue weighted by atomic mass is 10.1. The maximum Gasteiger partial charge on any atom is 0.270 e. The highest BCUT2D eigenvalue weighted by molar-refractivity contribution is 7.22. The number of nitro groups is 1. The summed E-state index contributed by atoms with van der Waals surface area (Å²) >= 11 is 1.45. The molecule has 1 amide bonds. The average Bonchev–Trinajstić information content (AvgIpc) is 3.16. The number of piperazine rings is 1. The quantitative estimate of drug-likeness (QED) is 0.484. The Morgan fingerprint density at radius 1 is 1.10 bits per heavy atom. The fourth-order valence-corrected chi connectivity index (χ4v) is 4.39. The summed E-state index contributed by atoms with van der Waals surface area (Å²) in [7, 11) is 3.94. The van der Waals surface area contributed by atoms with Crippen LogP contribution < -0.4 is 9.80 Å². The molecule has 0 N–H and O–H groups in total. The molecule has 2 heterocycles. The Bertz CT molecular complexity index is 1060. The molecule has 0 atom stereocenters. The second-order valence-electron chi connectivity index (χ2n) is 7.13. The van der Waals surface area contributed by atoms with Crippen LogP contribution in [0.5, 0.6) is 0 Å². The topological polar surface area (TPSA) is 82.8 Å². The first-order chi connectivity index (χ1) is 13.9. The normalized spacial score (nSPS) is 14.3. The number of hydrogen-bond acceptors (Lipinski definition) is 7. The minimum Gasteiger partial charge on any atom is -0.378 e. The fraction of sp³-hybridized carbons (Fsp3) is 0.300. The monoisotopic (exact) mass is 411 g/mol. The molecule has 1 fully saturated rings. The van der Waals surface area contributed by atoms with E-state index in [2.05, 4.69) is 9.88 Å². The van der Waals surface area contributed by atoms with Crippen LogP contribution in [0.1, 0.15) is 10.4 Å². The number of hydrogen-bond donors (Lipinski definition) is 0. The molecule has 1 aliphatic rings. The number of carbonyl (C=O) groups excluding carboxylic acids is 1. The summed E-state index contributed by atoms with van der Waals surface area (Å²) in [5, 5.41) is 11.8. The summed E-state index contributed by atoms with van der Waals surface area (Å²) in [6.07, 6.45) is 0. The van der Waals surface area contributed by atoms with Gasteiger partial charge in [0.25, 0.3) is 11.6 Å². The summed E-state index contributed by atoms with van der Waals surface area (Å²) in [4.78, 5) is 33.9. The van der Waals surface area contributed by atoms with Gasteiger partial charge in [0.2, 0.25) is 0 Å². The van der Waals surface area contributed by atoms with Gasteiger partial charge in [-0.15, -0.1) is 0 Å². The van der Waals surface area contributed by atoms with Crippen molar-refractivity contribution in [1.82, 2.24) is 9.88 Å². The largest absolute Gasteiger partial charge is 0.378 e. The van der Waals surface area contributed by atoms with E-state index in [0.29, 0.717) is 31.7 Å². The van der Waals surface area contributed by atoms with Crippen LogP contribution in [0.15, 0.2) is 42.5 Å². The summed E-state index contributed by atoms with van der Waals surface area (Å²) in [5.74, 6) is 0.0369. The molecule has 3 aromatic rings. The number of anilines is 2. The fourth-order valence-electron chi connectivity index (χ4n) is 3.34. The Kier molecular flexibility index (Phi) is 5.06. The number of nitrogens with zero attached hydrogens (tertiary/aromatic N) is 5. The lowest BCUT2D eigenvalue weighted by molar-refractivity contribution is -0.384. The smallest absolute Gasteiger partial charge is 0.270 e. The highest BCUT2D eigenvalue weighted by atomic mass is 32.1. The summed E-state index contributed by atoms with van der Waals surface area (Å²) in [6, 6.07) is 12.4. The maximum atomic E-state index is 12.8. The number of amides is 1. The molecule has 0 unspecified atom stereocenters. The van der Waals surface area contributed by atoms with Gasteiger partial charge in [-0.3, -0.25) is 14.9 Å². The zero-order valence-corrected chi connectivity index (χ0v) is 17.1. The van der Waals surface area contributed by atoms with Gasteiger partial charge < -0.3 is 14.7 Å². The van der Waals surface area contributed by atoms with E-state index in [9.17, 15) is 14.9 Å². The Labute approximate surface area is 172 Å². The Balaban J connectivity index is 1.43. The number of carbonyl (C=O) groups is 1. The highest BCUT2D eigenvalue weighted by Crippen LogP contribution is 2.32. The first kappa shape index (κ1) is 19.1. The average molecular weight is 411 g/mol. The third-order valence-corrected chi connectivity index (χ3v) is 6.12. The van der Waals surface area contributed by atoms with Gasteiger partial charge in [-0.05, 0) is 30.3 Å². The predicted molar refractivity (Wildman–Crippen MR) is 115 cm³/mol. The van der Waals surface area contributed by atoms with Crippen molar-refractivity contribution >= 4 is 44.0 Å². The number of benzene rings is 2. The van der Waals surface area contributed by atoms with Gasteiger partial charge in [0.15, 0.2) is 5.13 Å². The van der Waals surface area contributed by atoms with Crippen LogP contribution in [0.4, 0.5) is 16.5 Å². The lowest BCUT2D eigenvalue weighted by Crippen LogP contribution is -2.48. The molecule has 0 aliphatic carbocycles. The van der Waals surface area contributed by atoms with Crippen LogP contribution in [0.2, 0.25) is 0 Å². The van der Waals surface area contributed by atoms with Gasteiger partial charge >= 0.3 is 0 Å². The van der Waals surface area contributed by atoms with Gasteiger partial charge in [0.1, 0.15) is 0 Å². The van der Waals surface area contributed by atoms with Gasteiger partial charge in [-0.25, -0.2) is 4.98 Å². The first-order valence-electron chi connectivity index (χ1n) is 9.29. The molecule has 0 bridgehead atoms. The number of nitro benzene ring substituents is 1. The Morgan fingerprint density at radius 2 is 1.79 bits per heavy atom. The molecule has 0 radical (unpaired) electrons. The lowest BCUT2D eigenvalue weighted by Gasteiger charge is -2.34. The van der Waals surface area contributed by atoms with Crippen molar-refractivity contribution in [1.29, 1.82) is 0 Å². The van der Waals surface area contributed by atoms with Gasteiger partial charge in [-0.2, -0.15) is 0 Å². The van der Waals surface area contributed by atoms with E-state index in [-0.39, 0.29) is 11.6 Å². The zero-order valence-electron chi connectivity index (χ0n) is 16.2. The van der Waals surface area contributed by atoms with Crippen LogP contribution in [-0.2, 0) is 0 Å². The van der Waals surface area contributed by atoms with Crippen LogP contribution in [-0.4, -0.2) is 61.0 Å². The molecule has 150 valence electrons. The number of aromatic nitrogens is 1. The van der Waals surface area contributed by atoms with E-state index in [1.807, 2.05) is 48.2 Å². The molecule has 0 saturated carbocycles. The van der Waals surface area contributed by atoms with Crippen LogP contribution >= 0.6 is 11.3 Å². The van der Waals surface area contributed by atoms with E-state index in [4.69, 9.17) is 0 Å². The standard InChI is InChI=1S/C20H21N5O3S/c1-22(2)15-5-3-14(4-6-15)19(26)23-9-11-24(12-10-23)20-21-17-8-7-16(25(27)28)13-18(17)29-20/h3-8,13H,9-12H2,1-2H3. The molecule has 29 heavy (non-hydrogen) atoms. The van der Waals surface area contributed by atoms with Gasteiger partial charge in [0.05, 0.1) is 15.1 Å². The SMILES string of the molecule is CN(C)c1ccc(C(=O)N2CCN(c3nc4ccc([N+](=O)[O-])cc4s3)CC2)cc1. The number of thiazole rings is 1. The Morgan fingerprint density at radius 3 is 2.41 bits per heavy atom. The third-order valence-electron chi connectivity index (χ3n) is 5.04. The number of rotatable bonds is 4. The van der Waals surface area contributed by atoms with Crippen LogP contribution in [0.25, 0.3) is 10.2 Å². The first-order valence-corrected chi connectivity index (χ1v) is 10.1. The third kappa shape index (κ3) is 3.86. The molecular weight excluding hydrogens is 390 g/mol. The van der Waals surface area contributed by atoms with Gasteiger partial charge in [0, 0.05) is 63.7 Å².